The van der Waals surface area contributed by atoms with Gasteiger partial charge in [0, 0.05) is 11.9 Å². The third-order valence-electron chi connectivity index (χ3n) is 3.18. The van der Waals surface area contributed by atoms with E-state index in [2.05, 4.69) is 15.3 Å². The lowest BCUT2D eigenvalue weighted by atomic mass is 10.1. The molecule has 0 fully saturated rings. The maximum Gasteiger partial charge on any atom is 0.345 e. The van der Waals surface area contributed by atoms with Crippen molar-refractivity contribution < 1.29 is 4.79 Å². The predicted molar refractivity (Wildman–Crippen MR) is 84.9 cm³/mol. The first kappa shape index (κ1) is 15.3. The summed E-state index contributed by atoms with van der Waals surface area (Å²) in [7, 11) is 0. The molecule has 0 aliphatic rings. The van der Waals surface area contributed by atoms with Crippen molar-refractivity contribution in [1.29, 1.82) is 0 Å². The SMILES string of the molecule is Cc1cnc(=O)[nH]c1SCC(=O)Nc1cccc(C)c1C. The standard InChI is InChI=1S/C15H17N3O2S/c1-9-5-4-6-12(11(9)3)17-13(19)8-21-14-10(2)7-16-15(20)18-14/h4-7H,8H2,1-3H3,(H,17,19)(H,16,18,20). The van der Waals surface area contributed by atoms with Crippen LogP contribution >= 0.6 is 11.8 Å². The molecule has 1 aromatic heterocycles. The molecule has 2 aromatic rings. The molecule has 0 spiro atoms. The highest BCUT2D eigenvalue weighted by Crippen LogP contribution is 2.20. The zero-order valence-corrected chi connectivity index (χ0v) is 13.0. The third kappa shape index (κ3) is 3.95. The molecule has 110 valence electrons. The quantitative estimate of drug-likeness (QED) is 0.672. The summed E-state index contributed by atoms with van der Waals surface area (Å²) in [6.45, 7) is 5.82. The third-order valence-corrected chi connectivity index (χ3v) is 4.30. The van der Waals surface area contributed by atoms with Crippen LogP contribution in [0.15, 0.2) is 34.2 Å². The molecule has 0 unspecified atom stereocenters. The number of anilines is 1. The van der Waals surface area contributed by atoms with E-state index in [1.807, 2.05) is 39.0 Å². The molecule has 21 heavy (non-hydrogen) atoms. The number of nitrogens with one attached hydrogen (secondary N) is 2. The maximum absolute atomic E-state index is 12.0. The van der Waals surface area contributed by atoms with E-state index in [1.165, 1.54) is 18.0 Å². The molecule has 2 rings (SSSR count). The minimum atomic E-state index is -0.405. The summed E-state index contributed by atoms with van der Waals surface area (Å²) in [5.41, 5.74) is 3.46. The molecule has 0 radical (unpaired) electrons. The monoisotopic (exact) mass is 303 g/mol. The second-order valence-corrected chi connectivity index (χ2v) is 5.77. The average Bonchev–Trinajstić information content (AvgIpc) is 2.45. The number of carbonyl (C=O) groups excluding carboxylic acids is 1. The van der Waals surface area contributed by atoms with E-state index in [0.717, 1.165) is 22.4 Å². The molecular weight excluding hydrogens is 286 g/mol. The summed E-state index contributed by atoms with van der Waals surface area (Å²) >= 11 is 1.29. The van der Waals surface area contributed by atoms with Gasteiger partial charge in [0.15, 0.2) is 0 Å². The molecule has 0 bridgehead atoms. The summed E-state index contributed by atoms with van der Waals surface area (Å²) in [5.74, 6) is 0.125. The van der Waals surface area contributed by atoms with Gasteiger partial charge in [-0.25, -0.2) is 9.78 Å². The first-order chi connectivity index (χ1) is 9.97. The molecular formula is C15H17N3O2S. The Kier molecular flexibility index (Phi) is 4.80. The smallest absolute Gasteiger partial charge is 0.325 e. The minimum Gasteiger partial charge on any atom is -0.325 e. The van der Waals surface area contributed by atoms with Gasteiger partial charge in [-0.2, -0.15) is 0 Å². The number of nitrogens with zero attached hydrogens (tertiary/aromatic N) is 1. The van der Waals surface area contributed by atoms with Gasteiger partial charge >= 0.3 is 5.69 Å². The molecule has 1 aromatic carbocycles. The Morgan fingerprint density at radius 2 is 2.05 bits per heavy atom. The van der Waals surface area contributed by atoms with Crippen LogP contribution in [-0.2, 0) is 4.79 Å². The van der Waals surface area contributed by atoms with Crippen LogP contribution in [0.3, 0.4) is 0 Å². The average molecular weight is 303 g/mol. The van der Waals surface area contributed by atoms with Crippen LogP contribution in [-0.4, -0.2) is 21.6 Å². The largest absolute Gasteiger partial charge is 0.345 e. The van der Waals surface area contributed by atoms with Gasteiger partial charge in [-0.05, 0) is 43.5 Å². The van der Waals surface area contributed by atoms with Crippen LogP contribution in [0.1, 0.15) is 16.7 Å². The topological polar surface area (TPSA) is 74.8 Å². The summed E-state index contributed by atoms with van der Waals surface area (Å²) in [6, 6.07) is 5.80. The highest BCUT2D eigenvalue weighted by Gasteiger charge is 2.08. The molecule has 0 saturated carbocycles. The number of hydrogen-bond donors (Lipinski definition) is 2. The molecule has 2 N–H and O–H groups in total. The molecule has 0 aliphatic carbocycles. The summed E-state index contributed by atoms with van der Waals surface area (Å²) < 4.78 is 0. The van der Waals surface area contributed by atoms with Crippen molar-refractivity contribution in [3.05, 3.63) is 51.6 Å². The van der Waals surface area contributed by atoms with Gasteiger partial charge < -0.3 is 10.3 Å². The number of amides is 1. The molecule has 0 saturated heterocycles. The van der Waals surface area contributed by atoms with E-state index >= 15 is 0 Å². The second kappa shape index (κ2) is 6.58. The second-order valence-electron chi connectivity index (χ2n) is 4.78. The number of rotatable bonds is 4. The Balaban J connectivity index is 2.01. The summed E-state index contributed by atoms with van der Waals surface area (Å²) in [6.07, 6.45) is 1.50. The molecule has 0 atom stereocenters. The van der Waals surface area contributed by atoms with Gasteiger partial charge in [0.2, 0.25) is 5.91 Å². The fraction of sp³-hybridized carbons (Fsp3) is 0.267. The Hall–Kier alpha value is -2.08. The molecule has 6 heteroatoms. The number of thioether (sulfide) groups is 1. The molecule has 1 amide bonds. The first-order valence-corrected chi connectivity index (χ1v) is 7.50. The number of aromatic nitrogens is 2. The van der Waals surface area contributed by atoms with Crippen molar-refractivity contribution in [3.63, 3.8) is 0 Å². The van der Waals surface area contributed by atoms with E-state index in [0.29, 0.717) is 5.03 Å². The first-order valence-electron chi connectivity index (χ1n) is 6.52. The number of hydrogen-bond acceptors (Lipinski definition) is 4. The number of benzene rings is 1. The molecule has 0 aliphatic heterocycles. The number of aromatic amines is 1. The summed E-state index contributed by atoms with van der Waals surface area (Å²) in [5, 5.41) is 3.56. The lowest BCUT2D eigenvalue weighted by molar-refractivity contribution is -0.113. The Labute approximate surface area is 127 Å². The minimum absolute atomic E-state index is 0.106. The zero-order valence-electron chi connectivity index (χ0n) is 12.2. The van der Waals surface area contributed by atoms with Crippen LogP contribution in [0.5, 0.6) is 0 Å². The number of H-pyrrole nitrogens is 1. The van der Waals surface area contributed by atoms with E-state index in [-0.39, 0.29) is 11.7 Å². The van der Waals surface area contributed by atoms with Crippen molar-refractivity contribution in [1.82, 2.24) is 9.97 Å². The van der Waals surface area contributed by atoms with Crippen molar-refractivity contribution in [2.75, 3.05) is 11.1 Å². The molecule has 1 heterocycles. The fourth-order valence-corrected chi connectivity index (χ4v) is 2.59. The van der Waals surface area contributed by atoms with E-state index < -0.39 is 5.69 Å². The van der Waals surface area contributed by atoms with Crippen LogP contribution in [0.4, 0.5) is 5.69 Å². The van der Waals surface area contributed by atoms with Crippen LogP contribution in [0.25, 0.3) is 0 Å². The Bertz CT molecular complexity index is 725. The fourth-order valence-electron chi connectivity index (χ4n) is 1.80. The van der Waals surface area contributed by atoms with E-state index in [9.17, 15) is 9.59 Å². The highest BCUT2D eigenvalue weighted by molar-refractivity contribution is 8.00. The maximum atomic E-state index is 12.0. The van der Waals surface area contributed by atoms with Crippen molar-refractivity contribution in [2.24, 2.45) is 0 Å². The predicted octanol–water partition coefficient (Wildman–Crippen LogP) is 2.43. The lowest BCUT2D eigenvalue weighted by Gasteiger charge is -2.10. The normalized spacial score (nSPS) is 10.4. The van der Waals surface area contributed by atoms with Crippen molar-refractivity contribution in [3.8, 4) is 0 Å². The van der Waals surface area contributed by atoms with E-state index in [1.54, 1.807) is 0 Å². The van der Waals surface area contributed by atoms with E-state index in [4.69, 9.17) is 0 Å². The van der Waals surface area contributed by atoms with Gasteiger partial charge in [0.05, 0.1) is 10.8 Å². The van der Waals surface area contributed by atoms with Crippen molar-refractivity contribution in [2.45, 2.75) is 25.8 Å². The van der Waals surface area contributed by atoms with Crippen molar-refractivity contribution >= 4 is 23.4 Å². The van der Waals surface area contributed by atoms with Gasteiger partial charge in [0.1, 0.15) is 0 Å². The van der Waals surface area contributed by atoms with Crippen LogP contribution < -0.4 is 11.0 Å². The van der Waals surface area contributed by atoms with Gasteiger partial charge in [-0.1, -0.05) is 23.9 Å². The van der Waals surface area contributed by atoms with Gasteiger partial charge in [0.25, 0.3) is 0 Å². The number of aryl methyl sites for hydroxylation is 2. The summed E-state index contributed by atoms with van der Waals surface area (Å²) in [4.78, 5) is 29.4. The molecule has 5 nitrogen and oxygen atoms in total. The van der Waals surface area contributed by atoms with Gasteiger partial charge in [-0.15, -0.1) is 0 Å². The Morgan fingerprint density at radius 1 is 1.29 bits per heavy atom. The number of carbonyl (C=O) groups is 1. The van der Waals surface area contributed by atoms with Gasteiger partial charge in [-0.3, -0.25) is 4.79 Å². The zero-order chi connectivity index (χ0) is 15.4. The van der Waals surface area contributed by atoms with Crippen LogP contribution in [0, 0.1) is 20.8 Å². The Morgan fingerprint density at radius 3 is 2.81 bits per heavy atom. The van der Waals surface area contributed by atoms with Crippen LogP contribution in [0.2, 0.25) is 0 Å². The highest BCUT2D eigenvalue weighted by atomic mass is 32.2. The lowest BCUT2D eigenvalue weighted by Crippen LogP contribution is -2.16.